The van der Waals surface area contributed by atoms with Crippen LogP contribution >= 0.6 is 34.5 Å². The molecule has 0 aliphatic carbocycles. The quantitative estimate of drug-likeness (QED) is 0.148. The number of ether oxygens (including phenoxy) is 2. The zero-order valence-corrected chi connectivity index (χ0v) is 34.3. The number of hydrogen-bond acceptors (Lipinski definition) is 9. The number of aromatic nitrogens is 1. The van der Waals surface area contributed by atoms with Crippen LogP contribution in [-0.4, -0.2) is 64.3 Å². The molecule has 0 atom stereocenters. The van der Waals surface area contributed by atoms with E-state index in [4.69, 9.17) is 32.7 Å². The first kappa shape index (κ1) is 46.8. The van der Waals surface area contributed by atoms with Gasteiger partial charge in [0, 0.05) is 46.5 Å². The van der Waals surface area contributed by atoms with E-state index < -0.39 is 10.1 Å². The minimum atomic E-state index is -3.26. The van der Waals surface area contributed by atoms with Crippen LogP contribution in [0.5, 0.6) is 0 Å². The molecule has 3 aromatic rings. The Morgan fingerprint density at radius 3 is 1.51 bits per heavy atom. The number of nitrogens with zero attached hydrogens (tertiary/aromatic N) is 1. The van der Waals surface area contributed by atoms with Crippen LogP contribution in [0, 0.1) is 16.2 Å². The number of carbonyl (C=O) groups excluding carboxylic acids is 2. The fourth-order valence-corrected chi connectivity index (χ4v) is 4.70. The van der Waals surface area contributed by atoms with Gasteiger partial charge in [-0.15, -0.1) is 11.3 Å². The van der Waals surface area contributed by atoms with Gasteiger partial charge in [0.15, 0.2) is 10.8 Å². The molecule has 0 saturated carbocycles. The Bertz CT molecular complexity index is 1490. The van der Waals surface area contributed by atoms with Crippen LogP contribution in [0.15, 0.2) is 54.0 Å². The molecule has 0 spiro atoms. The van der Waals surface area contributed by atoms with Gasteiger partial charge in [-0.05, 0) is 48.3 Å². The van der Waals surface area contributed by atoms with Crippen molar-refractivity contribution in [3.8, 4) is 0 Å². The predicted octanol–water partition coefficient (Wildman–Crippen LogP) is 10.1. The highest BCUT2D eigenvalue weighted by atomic mass is 35.5. The number of halogens is 2. The van der Waals surface area contributed by atoms with E-state index in [1.54, 1.807) is 48.0 Å². The summed E-state index contributed by atoms with van der Waals surface area (Å²) in [6, 6.07) is 11.1. The molecule has 0 aliphatic rings. The van der Waals surface area contributed by atoms with Gasteiger partial charge in [-0.25, -0.2) is 4.98 Å². The van der Waals surface area contributed by atoms with E-state index in [1.807, 2.05) is 34.6 Å². The molecular weight excluding hydrogens is 705 g/mol. The standard InChI is InChI=1S/C17H9Cl2NO2S.2C7H16O.C6H14O3S/c18-12-5-6-14(19)13(9-12)15(21)10-1-3-11(4-2-10)16(22)17-20-7-8-23-17;2*1-5-8-6-7(2,3)4;1-6(2,3)5-9-10(4,7)8/h1-9H;2*5-6H2,1-4H3;5H2,1-4H3. The summed E-state index contributed by atoms with van der Waals surface area (Å²) < 4.78 is 35.9. The summed E-state index contributed by atoms with van der Waals surface area (Å²) in [7, 11) is -3.26. The van der Waals surface area contributed by atoms with E-state index >= 15 is 0 Å². The highest BCUT2D eigenvalue weighted by Crippen LogP contribution is 2.24. The number of ketones is 2. The maximum Gasteiger partial charge on any atom is 0.264 e. The van der Waals surface area contributed by atoms with E-state index in [-0.39, 0.29) is 23.6 Å². The van der Waals surface area contributed by atoms with Gasteiger partial charge in [0.05, 0.1) is 31.1 Å². The number of carbonyl (C=O) groups is 2. The number of benzene rings is 2. The fourth-order valence-electron chi connectivity index (χ4n) is 3.16. The molecule has 3 rings (SSSR count). The first-order valence-corrected chi connectivity index (χ1v) is 19.4. The van der Waals surface area contributed by atoms with E-state index in [9.17, 15) is 18.0 Å². The van der Waals surface area contributed by atoms with Crippen molar-refractivity contribution in [2.75, 3.05) is 39.3 Å². The third-order valence-corrected chi connectivity index (χ3v) is 7.28. The SMILES string of the molecule is CC(C)(C)COS(C)(=O)=O.CCOCC(C)(C)C.CCOCC(C)(C)C.O=C(c1ccc(C(=O)c2cc(Cl)ccc2Cl)cc1)c1nccs1. The van der Waals surface area contributed by atoms with Gasteiger partial charge in [0.25, 0.3) is 10.1 Å². The summed E-state index contributed by atoms with van der Waals surface area (Å²) in [4.78, 5) is 28.7. The summed E-state index contributed by atoms with van der Waals surface area (Å²) in [6.07, 6.45) is 2.63. The largest absolute Gasteiger partial charge is 0.381 e. The molecule has 0 amide bonds. The van der Waals surface area contributed by atoms with Crippen molar-refractivity contribution in [3.05, 3.63) is 85.8 Å². The molecule has 12 heteroatoms. The molecule has 8 nitrogen and oxygen atoms in total. The lowest BCUT2D eigenvalue weighted by Crippen LogP contribution is -2.17. The first-order valence-electron chi connectivity index (χ1n) is 15.9. The molecule has 276 valence electrons. The molecule has 0 saturated heterocycles. The van der Waals surface area contributed by atoms with Gasteiger partial charge in [-0.2, -0.15) is 8.42 Å². The van der Waals surface area contributed by atoms with Crippen LogP contribution in [0.3, 0.4) is 0 Å². The van der Waals surface area contributed by atoms with E-state index in [2.05, 4.69) is 50.7 Å². The molecule has 1 aromatic heterocycles. The van der Waals surface area contributed by atoms with Crippen LogP contribution in [0.2, 0.25) is 10.0 Å². The number of hydrogen-bond donors (Lipinski definition) is 0. The van der Waals surface area contributed by atoms with Gasteiger partial charge in [-0.3, -0.25) is 13.8 Å². The zero-order chi connectivity index (χ0) is 38.1. The molecule has 0 radical (unpaired) electrons. The third-order valence-electron chi connectivity index (χ3n) is 5.39. The minimum absolute atomic E-state index is 0.0942. The second kappa shape index (κ2) is 21.9. The van der Waals surface area contributed by atoms with Crippen molar-refractivity contribution in [2.24, 2.45) is 16.2 Å². The monoisotopic (exact) mass is 759 g/mol. The Kier molecular flexibility index (Phi) is 20.9. The summed E-state index contributed by atoms with van der Waals surface area (Å²) in [5.74, 6) is -0.412. The Morgan fingerprint density at radius 1 is 0.735 bits per heavy atom. The average Bonchev–Trinajstić information content (AvgIpc) is 3.53. The predicted molar refractivity (Wildman–Crippen MR) is 204 cm³/mol. The van der Waals surface area contributed by atoms with Crippen molar-refractivity contribution in [3.63, 3.8) is 0 Å². The second-order valence-electron chi connectivity index (χ2n) is 14.6. The Morgan fingerprint density at radius 2 is 1.18 bits per heavy atom. The lowest BCUT2D eigenvalue weighted by atomic mass is 9.99. The van der Waals surface area contributed by atoms with Gasteiger partial charge < -0.3 is 9.47 Å². The van der Waals surface area contributed by atoms with Crippen molar-refractivity contribution in [1.29, 1.82) is 0 Å². The second-order valence-corrected chi connectivity index (χ2v) is 18.0. The van der Waals surface area contributed by atoms with E-state index in [0.29, 0.717) is 42.6 Å². The van der Waals surface area contributed by atoms with Crippen LogP contribution in [0.1, 0.15) is 107 Å². The number of thiazole rings is 1. The van der Waals surface area contributed by atoms with Gasteiger partial charge in [0.2, 0.25) is 5.78 Å². The van der Waals surface area contributed by atoms with Crippen LogP contribution in [-0.2, 0) is 23.8 Å². The summed E-state index contributed by atoms with van der Waals surface area (Å²) in [5, 5.41) is 2.93. The van der Waals surface area contributed by atoms with Gasteiger partial charge in [0.1, 0.15) is 0 Å². The van der Waals surface area contributed by atoms with E-state index in [1.165, 1.54) is 17.4 Å². The van der Waals surface area contributed by atoms with Crippen LogP contribution in [0.4, 0.5) is 0 Å². The maximum absolute atomic E-state index is 12.5. The van der Waals surface area contributed by atoms with Gasteiger partial charge >= 0.3 is 0 Å². The van der Waals surface area contributed by atoms with Crippen LogP contribution in [0.25, 0.3) is 0 Å². The third kappa shape index (κ3) is 23.8. The molecule has 0 bridgehead atoms. The summed E-state index contributed by atoms with van der Waals surface area (Å²) in [5.41, 5.74) is 1.81. The Labute approximate surface area is 309 Å². The molecule has 0 N–H and O–H groups in total. The Hall–Kier alpha value is -2.18. The zero-order valence-electron chi connectivity index (χ0n) is 31.1. The lowest BCUT2D eigenvalue weighted by molar-refractivity contribution is 0.0805. The fraction of sp³-hybridized carbons (Fsp3) is 0.541. The number of rotatable bonds is 10. The molecule has 49 heavy (non-hydrogen) atoms. The van der Waals surface area contributed by atoms with Crippen LogP contribution < -0.4 is 0 Å². The molecule has 2 aromatic carbocycles. The summed E-state index contributed by atoms with van der Waals surface area (Å²) >= 11 is 13.2. The lowest BCUT2D eigenvalue weighted by Gasteiger charge is -2.16. The topological polar surface area (TPSA) is 109 Å². The first-order chi connectivity index (χ1) is 22.4. The summed E-state index contributed by atoms with van der Waals surface area (Å²) in [6.45, 7) is 26.4. The molecule has 0 unspecified atom stereocenters. The van der Waals surface area contributed by atoms with Crippen molar-refractivity contribution in [1.82, 2.24) is 4.98 Å². The van der Waals surface area contributed by atoms with E-state index in [0.717, 1.165) is 32.7 Å². The average molecular weight is 761 g/mol. The highest BCUT2D eigenvalue weighted by molar-refractivity contribution is 7.85. The Balaban J connectivity index is 0.000000736. The molecule has 1 heterocycles. The molecule has 0 aliphatic heterocycles. The van der Waals surface area contributed by atoms with Crippen molar-refractivity contribution < 1.29 is 31.7 Å². The smallest absolute Gasteiger partial charge is 0.264 e. The van der Waals surface area contributed by atoms with Crippen molar-refractivity contribution >= 4 is 56.2 Å². The van der Waals surface area contributed by atoms with Crippen molar-refractivity contribution in [2.45, 2.75) is 76.2 Å². The normalized spacial score (nSPS) is 11.6. The highest BCUT2D eigenvalue weighted by Gasteiger charge is 2.16. The molecular formula is C37H55Cl2NO7S2. The maximum atomic E-state index is 12.5. The minimum Gasteiger partial charge on any atom is -0.381 e. The molecule has 0 fully saturated rings. The van der Waals surface area contributed by atoms with Gasteiger partial charge in [-0.1, -0.05) is 110 Å².